The summed E-state index contributed by atoms with van der Waals surface area (Å²) in [6, 6.07) is -0.393. The third-order valence-electron chi connectivity index (χ3n) is 2.43. The molecule has 0 aromatic rings. The minimum Gasteiger partial charge on any atom is -0.314 e. The van der Waals surface area contributed by atoms with Gasteiger partial charge < -0.3 is 5.32 Å². The zero-order chi connectivity index (χ0) is 11.4. The average molecular weight is 215 g/mol. The summed E-state index contributed by atoms with van der Waals surface area (Å²) in [5.41, 5.74) is 0. The zero-order valence-corrected chi connectivity index (χ0v) is 8.66. The summed E-state index contributed by atoms with van der Waals surface area (Å²) in [6.07, 6.45) is -5.63. The molecule has 0 radical (unpaired) electrons. The maximum atomic E-state index is 13.1. The average Bonchev–Trinajstić information content (AvgIpc) is 2.10. The maximum absolute atomic E-state index is 13.1. The van der Waals surface area contributed by atoms with Crippen LogP contribution in [0, 0.1) is 5.92 Å². The van der Waals surface area contributed by atoms with Crippen molar-refractivity contribution in [1.29, 1.82) is 0 Å². The zero-order valence-electron chi connectivity index (χ0n) is 8.66. The van der Waals surface area contributed by atoms with Gasteiger partial charge in [-0.1, -0.05) is 6.92 Å². The van der Waals surface area contributed by atoms with Crippen molar-refractivity contribution in [3.8, 4) is 0 Å². The molecule has 3 unspecified atom stereocenters. The van der Waals surface area contributed by atoms with Crippen LogP contribution in [0.4, 0.5) is 17.6 Å². The van der Waals surface area contributed by atoms with Crippen LogP contribution in [0.5, 0.6) is 0 Å². The molecule has 0 amide bonds. The predicted octanol–water partition coefficient (Wildman–Crippen LogP) is 2.91. The van der Waals surface area contributed by atoms with Gasteiger partial charge in [0.15, 0.2) is 0 Å². The summed E-state index contributed by atoms with van der Waals surface area (Å²) in [5.74, 6) is -1.43. The summed E-state index contributed by atoms with van der Waals surface area (Å²) >= 11 is 0. The fraction of sp³-hybridized carbons (Fsp3) is 1.00. The van der Waals surface area contributed by atoms with Crippen molar-refractivity contribution in [2.24, 2.45) is 5.92 Å². The highest BCUT2D eigenvalue weighted by Gasteiger charge is 2.36. The minimum absolute atomic E-state index is 0.0529. The van der Waals surface area contributed by atoms with Crippen LogP contribution in [0.1, 0.15) is 26.7 Å². The lowest BCUT2D eigenvalue weighted by Crippen LogP contribution is -2.32. The van der Waals surface area contributed by atoms with Gasteiger partial charge in [0.1, 0.15) is 6.17 Å². The predicted molar refractivity (Wildman–Crippen MR) is 47.9 cm³/mol. The van der Waals surface area contributed by atoms with Gasteiger partial charge in [0.05, 0.1) is 5.92 Å². The molecule has 86 valence electrons. The number of nitrogens with one attached hydrogen (secondary N) is 1. The largest absolute Gasteiger partial charge is 0.391 e. The summed E-state index contributed by atoms with van der Waals surface area (Å²) in [4.78, 5) is 0. The van der Waals surface area contributed by atoms with Crippen LogP contribution in [-0.2, 0) is 0 Å². The van der Waals surface area contributed by atoms with Crippen molar-refractivity contribution in [3.05, 3.63) is 0 Å². The van der Waals surface area contributed by atoms with Crippen LogP contribution < -0.4 is 5.32 Å². The number of hydrogen-bond donors (Lipinski definition) is 1. The molecule has 0 spiro atoms. The van der Waals surface area contributed by atoms with Crippen molar-refractivity contribution in [2.75, 3.05) is 7.05 Å². The van der Waals surface area contributed by atoms with Crippen molar-refractivity contribution < 1.29 is 17.6 Å². The van der Waals surface area contributed by atoms with Gasteiger partial charge >= 0.3 is 6.18 Å². The van der Waals surface area contributed by atoms with E-state index < -0.39 is 24.3 Å². The molecule has 0 fully saturated rings. The Hall–Kier alpha value is -0.320. The topological polar surface area (TPSA) is 12.0 Å². The lowest BCUT2D eigenvalue weighted by molar-refractivity contribution is -0.172. The molecule has 0 aliphatic rings. The van der Waals surface area contributed by atoms with E-state index in [-0.39, 0.29) is 12.8 Å². The van der Waals surface area contributed by atoms with Crippen LogP contribution in [0.15, 0.2) is 0 Å². The molecular weight excluding hydrogens is 198 g/mol. The van der Waals surface area contributed by atoms with Gasteiger partial charge in [0, 0.05) is 6.04 Å². The van der Waals surface area contributed by atoms with Gasteiger partial charge in [-0.25, -0.2) is 4.39 Å². The Morgan fingerprint density at radius 2 is 1.64 bits per heavy atom. The number of hydrogen-bond acceptors (Lipinski definition) is 1. The molecular formula is C9H17F4N. The first kappa shape index (κ1) is 13.7. The summed E-state index contributed by atoms with van der Waals surface area (Å²) in [6.45, 7) is 2.69. The van der Waals surface area contributed by atoms with E-state index in [0.717, 1.165) is 6.92 Å². The lowest BCUT2D eigenvalue weighted by Gasteiger charge is -2.19. The Kier molecular flexibility index (Phi) is 5.41. The van der Waals surface area contributed by atoms with E-state index in [1.54, 1.807) is 14.0 Å². The molecule has 1 N–H and O–H groups in total. The molecule has 0 rings (SSSR count). The summed E-state index contributed by atoms with van der Waals surface area (Å²) < 4.78 is 49.2. The summed E-state index contributed by atoms with van der Waals surface area (Å²) in [5, 5.41) is 2.67. The monoisotopic (exact) mass is 215 g/mol. The number of alkyl halides is 4. The quantitative estimate of drug-likeness (QED) is 0.695. The SMILES string of the molecule is CNC(C)C(F)CCC(C)C(F)(F)F. The molecule has 1 nitrogen and oxygen atoms in total. The fourth-order valence-electron chi connectivity index (χ4n) is 1.00. The van der Waals surface area contributed by atoms with E-state index in [1.807, 2.05) is 0 Å². The van der Waals surface area contributed by atoms with E-state index >= 15 is 0 Å². The van der Waals surface area contributed by atoms with Gasteiger partial charge in [0.25, 0.3) is 0 Å². The van der Waals surface area contributed by atoms with E-state index in [0.29, 0.717) is 0 Å². The molecule has 0 heterocycles. The Balaban J connectivity index is 3.83. The van der Waals surface area contributed by atoms with Crippen LogP contribution >= 0.6 is 0 Å². The number of rotatable bonds is 5. The molecule has 0 aromatic carbocycles. The molecule has 5 heteroatoms. The van der Waals surface area contributed by atoms with E-state index in [2.05, 4.69) is 5.32 Å². The molecule has 0 saturated carbocycles. The standard InChI is InChI=1S/C9H17F4N/c1-6(9(11,12)13)4-5-8(10)7(2)14-3/h6-8,14H,4-5H2,1-3H3. The second kappa shape index (κ2) is 5.53. The minimum atomic E-state index is -4.21. The highest BCUT2D eigenvalue weighted by atomic mass is 19.4. The molecule has 0 bridgehead atoms. The molecule has 0 aliphatic carbocycles. The Morgan fingerprint density at radius 3 is 2.00 bits per heavy atom. The highest BCUT2D eigenvalue weighted by Crippen LogP contribution is 2.30. The van der Waals surface area contributed by atoms with E-state index in [4.69, 9.17) is 0 Å². The van der Waals surface area contributed by atoms with Gasteiger partial charge in [-0.2, -0.15) is 13.2 Å². The normalized spacial score (nSPS) is 19.1. The molecule has 0 aliphatic heterocycles. The first-order chi connectivity index (χ1) is 6.29. The third-order valence-corrected chi connectivity index (χ3v) is 2.43. The van der Waals surface area contributed by atoms with Gasteiger partial charge in [0.2, 0.25) is 0 Å². The van der Waals surface area contributed by atoms with E-state index in [1.165, 1.54) is 0 Å². The van der Waals surface area contributed by atoms with Crippen LogP contribution in [0.2, 0.25) is 0 Å². The van der Waals surface area contributed by atoms with Crippen LogP contribution in [0.25, 0.3) is 0 Å². The fourth-order valence-corrected chi connectivity index (χ4v) is 1.00. The number of halogens is 4. The first-order valence-electron chi connectivity index (χ1n) is 4.67. The van der Waals surface area contributed by atoms with E-state index in [9.17, 15) is 17.6 Å². The van der Waals surface area contributed by atoms with Crippen molar-refractivity contribution in [1.82, 2.24) is 5.32 Å². The molecule has 3 atom stereocenters. The molecule has 0 saturated heterocycles. The Labute approximate surface area is 81.9 Å². The van der Waals surface area contributed by atoms with Crippen LogP contribution in [0.3, 0.4) is 0 Å². The summed E-state index contributed by atoms with van der Waals surface area (Å²) in [7, 11) is 1.59. The first-order valence-corrected chi connectivity index (χ1v) is 4.67. The lowest BCUT2D eigenvalue weighted by atomic mass is 10.0. The second-order valence-corrected chi connectivity index (χ2v) is 3.61. The third kappa shape index (κ3) is 4.79. The van der Waals surface area contributed by atoms with Crippen molar-refractivity contribution >= 4 is 0 Å². The second-order valence-electron chi connectivity index (χ2n) is 3.61. The Morgan fingerprint density at radius 1 is 1.14 bits per heavy atom. The molecule has 14 heavy (non-hydrogen) atoms. The van der Waals surface area contributed by atoms with Crippen LogP contribution in [-0.4, -0.2) is 25.4 Å². The Bertz CT molecular complexity index is 157. The van der Waals surface area contributed by atoms with Crippen molar-refractivity contribution in [2.45, 2.75) is 45.1 Å². The smallest absolute Gasteiger partial charge is 0.314 e. The van der Waals surface area contributed by atoms with Gasteiger partial charge in [-0.05, 0) is 26.8 Å². The van der Waals surface area contributed by atoms with Crippen molar-refractivity contribution in [3.63, 3.8) is 0 Å². The molecule has 0 aromatic heterocycles. The van der Waals surface area contributed by atoms with Gasteiger partial charge in [-0.15, -0.1) is 0 Å². The maximum Gasteiger partial charge on any atom is 0.391 e. The highest BCUT2D eigenvalue weighted by molar-refractivity contribution is 4.72. The van der Waals surface area contributed by atoms with Gasteiger partial charge in [-0.3, -0.25) is 0 Å².